The highest BCUT2D eigenvalue weighted by Crippen LogP contribution is 2.44. The van der Waals surface area contributed by atoms with E-state index in [0.29, 0.717) is 6.42 Å². The minimum absolute atomic E-state index is 0.0310. The zero-order valence-electron chi connectivity index (χ0n) is 16.1. The van der Waals surface area contributed by atoms with Gasteiger partial charge < -0.3 is 15.2 Å². The van der Waals surface area contributed by atoms with E-state index in [9.17, 15) is 9.90 Å². The van der Waals surface area contributed by atoms with Gasteiger partial charge in [0, 0.05) is 5.92 Å². The fourth-order valence-corrected chi connectivity index (χ4v) is 4.72. The molecule has 5 rings (SSSR count). The monoisotopic (exact) mass is 385 g/mol. The lowest BCUT2D eigenvalue weighted by atomic mass is 9.96. The Morgan fingerprint density at radius 3 is 2.31 bits per heavy atom. The van der Waals surface area contributed by atoms with Crippen molar-refractivity contribution < 1.29 is 14.6 Å². The molecule has 0 saturated heterocycles. The van der Waals surface area contributed by atoms with Gasteiger partial charge in [0.15, 0.2) is 0 Å². The average Bonchev–Trinajstić information content (AvgIpc) is 3.27. The second-order valence-corrected chi connectivity index (χ2v) is 7.87. The summed E-state index contributed by atoms with van der Waals surface area (Å²) in [6.45, 7) is 0.426. The predicted molar refractivity (Wildman–Crippen MR) is 112 cm³/mol. The highest BCUT2D eigenvalue weighted by Gasteiger charge is 2.37. The van der Waals surface area contributed by atoms with E-state index in [0.717, 1.165) is 17.5 Å². The lowest BCUT2D eigenvalue weighted by Gasteiger charge is -2.24. The average molecular weight is 385 g/mol. The number of aryl methyl sites for hydroxylation is 1. The van der Waals surface area contributed by atoms with Gasteiger partial charge in [0.05, 0.1) is 6.54 Å². The molecule has 2 aliphatic carbocycles. The molecular formula is C25H23NO3. The van der Waals surface area contributed by atoms with Crippen LogP contribution in [-0.2, 0) is 16.8 Å². The predicted octanol–water partition coefficient (Wildman–Crippen LogP) is 4.36. The van der Waals surface area contributed by atoms with Gasteiger partial charge >= 0.3 is 6.09 Å². The number of rotatable bonds is 4. The zero-order chi connectivity index (χ0) is 19.8. The number of hydrogen-bond acceptors (Lipinski definition) is 3. The van der Waals surface area contributed by atoms with Crippen molar-refractivity contribution in [2.45, 2.75) is 24.4 Å². The molecule has 0 heterocycles. The van der Waals surface area contributed by atoms with Crippen LogP contribution in [0.4, 0.5) is 4.79 Å². The number of aliphatic hydroxyl groups is 1. The zero-order valence-corrected chi connectivity index (χ0v) is 16.1. The van der Waals surface area contributed by atoms with E-state index in [1.165, 1.54) is 22.3 Å². The second kappa shape index (κ2) is 7.05. The largest absolute Gasteiger partial charge is 0.449 e. The van der Waals surface area contributed by atoms with Crippen LogP contribution in [0.3, 0.4) is 0 Å². The molecule has 0 aliphatic heterocycles. The lowest BCUT2D eigenvalue weighted by molar-refractivity contribution is 0.0365. The van der Waals surface area contributed by atoms with E-state index in [1.54, 1.807) is 0 Å². The van der Waals surface area contributed by atoms with Gasteiger partial charge in [-0.15, -0.1) is 0 Å². The van der Waals surface area contributed by atoms with Crippen LogP contribution < -0.4 is 5.32 Å². The molecule has 29 heavy (non-hydrogen) atoms. The third kappa shape index (κ3) is 3.10. The summed E-state index contributed by atoms with van der Waals surface area (Å²) >= 11 is 0. The minimum Gasteiger partial charge on any atom is -0.449 e. The molecule has 0 saturated carbocycles. The molecule has 2 aliphatic rings. The van der Waals surface area contributed by atoms with Crippen LogP contribution in [-0.4, -0.2) is 24.4 Å². The number of carbonyl (C=O) groups is 1. The molecule has 4 heteroatoms. The van der Waals surface area contributed by atoms with Gasteiger partial charge in [-0.05, 0) is 46.2 Å². The summed E-state index contributed by atoms with van der Waals surface area (Å²) in [5.74, 6) is 0.0310. The first-order chi connectivity index (χ1) is 14.2. The number of nitrogens with one attached hydrogen (secondary N) is 1. The maximum Gasteiger partial charge on any atom is 0.407 e. The third-order valence-corrected chi connectivity index (χ3v) is 6.20. The maximum atomic E-state index is 12.4. The number of carbonyl (C=O) groups excluding carboxylic acids is 1. The number of amides is 1. The molecule has 0 bridgehead atoms. The molecule has 4 nitrogen and oxygen atoms in total. The third-order valence-electron chi connectivity index (χ3n) is 6.20. The topological polar surface area (TPSA) is 58.6 Å². The van der Waals surface area contributed by atoms with Crippen LogP contribution in [0.1, 0.15) is 34.6 Å². The van der Waals surface area contributed by atoms with Crippen molar-refractivity contribution in [3.05, 3.63) is 95.1 Å². The Morgan fingerprint density at radius 2 is 1.59 bits per heavy atom. The summed E-state index contributed by atoms with van der Waals surface area (Å²) in [5, 5.41) is 13.7. The number of alkyl carbamates (subject to hydrolysis) is 1. The molecule has 0 radical (unpaired) electrons. The van der Waals surface area contributed by atoms with E-state index in [1.807, 2.05) is 48.5 Å². The molecule has 0 aromatic heterocycles. The van der Waals surface area contributed by atoms with Crippen molar-refractivity contribution in [3.8, 4) is 11.1 Å². The van der Waals surface area contributed by atoms with E-state index in [-0.39, 0.29) is 19.1 Å². The summed E-state index contributed by atoms with van der Waals surface area (Å²) in [5.41, 5.74) is 5.79. The Balaban J connectivity index is 1.25. The van der Waals surface area contributed by atoms with Gasteiger partial charge in [-0.2, -0.15) is 0 Å². The summed E-state index contributed by atoms with van der Waals surface area (Å²) in [4.78, 5) is 12.4. The Morgan fingerprint density at radius 1 is 0.966 bits per heavy atom. The normalized spacial score (nSPS) is 19.3. The van der Waals surface area contributed by atoms with Gasteiger partial charge in [-0.3, -0.25) is 0 Å². The highest BCUT2D eigenvalue weighted by atomic mass is 16.5. The van der Waals surface area contributed by atoms with Crippen molar-refractivity contribution in [1.82, 2.24) is 5.32 Å². The van der Waals surface area contributed by atoms with Crippen LogP contribution in [0.2, 0.25) is 0 Å². The molecular weight excluding hydrogens is 362 g/mol. The molecule has 2 N–H and O–H groups in total. The van der Waals surface area contributed by atoms with Crippen molar-refractivity contribution in [1.29, 1.82) is 0 Å². The Kier molecular flexibility index (Phi) is 4.36. The smallest absolute Gasteiger partial charge is 0.407 e. The summed E-state index contributed by atoms with van der Waals surface area (Å²) in [6.07, 6.45) is 0.930. The first-order valence-corrected chi connectivity index (χ1v) is 10.1. The van der Waals surface area contributed by atoms with Gasteiger partial charge in [-0.25, -0.2) is 4.79 Å². The minimum atomic E-state index is -1.03. The molecule has 3 aromatic rings. The highest BCUT2D eigenvalue weighted by molar-refractivity contribution is 5.79. The summed E-state index contributed by atoms with van der Waals surface area (Å²) in [6, 6.07) is 24.4. The molecule has 1 unspecified atom stereocenters. The van der Waals surface area contributed by atoms with E-state index in [4.69, 9.17) is 4.74 Å². The van der Waals surface area contributed by atoms with E-state index < -0.39 is 11.7 Å². The standard InChI is InChI=1S/C25H23NO3/c27-24(26-16-25(28)14-13-17-7-1-6-12-23(17)25)29-15-22-20-10-4-2-8-18(20)19-9-3-5-11-21(19)22/h1-12,22,28H,13-16H2,(H,26,27). The first kappa shape index (κ1) is 18.0. The summed E-state index contributed by atoms with van der Waals surface area (Å²) in [7, 11) is 0. The fraction of sp³-hybridized carbons (Fsp3) is 0.240. The maximum absolute atomic E-state index is 12.4. The number of benzene rings is 3. The van der Waals surface area contributed by atoms with Gasteiger partial charge in [-0.1, -0.05) is 72.8 Å². The molecule has 146 valence electrons. The van der Waals surface area contributed by atoms with Crippen molar-refractivity contribution in [3.63, 3.8) is 0 Å². The molecule has 1 amide bonds. The van der Waals surface area contributed by atoms with Crippen LogP contribution in [0, 0.1) is 0 Å². The van der Waals surface area contributed by atoms with Gasteiger partial charge in [0.25, 0.3) is 0 Å². The quantitative estimate of drug-likeness (QED) is 0.702. The van der Waals surface area contributed by atoms with Crippen molar-refractivity contribution >= 4 is 6.09 Å². The molecule has 3 aromatic carbocycles. The molecule has 0 spiro atoms. The van der Waals surface area contributed by atoms with Crippen LogP contribution >= 0.6 is 0 Å². The van der Waals surface area contributed by atoms with Gasteiger partial charge in [0.1, 0.15) is 12.2 Å². The molecule has 1 atom stereocenters. The van der Waals surface area contributed by atoms with Crippen LogP contribution in [0.15, 0.2) is 72.8 Å². The molecule has 0 fully saturated rings. The van der Waals surface area contributed by atoms with Gasteiger partial charge in [0.2, 0.25) is 0 Å². The number of hydrogen-bond donors (Lipinski definition) is 2. The second-order valence-electron chi connectivity index (χ2n) is 7.87. The van der Waals surface area contributed by atoms with Crippen LogP contribution in [0.25, 0.3) is 11.1 Å². The first-order valence-electron chi connectivity index (χ1n) is 10.1. The lowest BCUT2D eigenvalue weighted by Crippen LogP contribution is -2.39. The van der Waals surface area contributed by atoms with Crippen LogP contribution in [0.5, 0.6) is 0 Å². The summed E-state index contributed by atoms with van der Waals surface area (Å²) < 4.78 is 5.57. The number of ether oxygens (including phenoxy) is 1. The van der Waals surface area contributed by atoms with Crippen molar-refractivity contribution in [2.24, 2.45) is 0 Å². The Labute approximate surface area is 170 Å². The van der Waals surface area contributed by atoms with E-state index in [2.05, 4.69) is 29.6 Å². The SMILES string of the molecule is O=C(NCC1(O)CCc2ccccc21)OCC1c2ccccc2-c2ccccc21. The van der Waals surface area contributed by atoms with Crippen molar-refractivity contribution in [2.75, 3.05) is 13.2 Å². The fourth-order valence-electron chi connectivity index (χ4n) is 4.72. The Bertz CT molecular complexity index is 1030. The number of fused-ring (bicyclic) bond motifs is 4. The van der Waals surface area contributed by atoms with E-state index >= 15 is 0 Å². The Hall–Kier alpha value is -3.11.